The van der Waals surface area contributed by atoms with Crippen LogP contribution in [0.3, 0.4) is 0 Å². The molecule has 0 N–H and O–H groups in total. The maximum absolute atomic E-state index is 11.9. The molecule has 23 heavy (non-hydrogen) atoms. The van der Waals surface area contributed by atoms with E-state index < -0.39 is 0 Å². The van der Waals surface area contributed by atoms with Crippen molar-refractivity contribution in [2.45, 2.75) is 6.04 Å². The smallest absolute Gasteiger partial charge is 0.302 e. The average Bonchev–Trinajstić information content (AvgIpc) is 3.19. The Morgan fingerprint density at radius 1 is 1.09 bits per heavy atom. The first-order chi connectivity index (χ1) is 11.2. The maximum atomic E-state index is 11.9. The minimum atomic E-state index is -0.0712. The van der Waals surface area contributed by atoms with Crippen molar-refractivity contribution in [1.82, 2.24) is 19.3 Å². The topological polar surface area (TPSA) is 52.7 Å². The van der Waals surface area contributed by atoms with Crippen molar-refractivity contribution in [2.75, 3.05) is 0 Å². The molecule has 2 aromatic carbocycles. The molecular formula is C17H14N4OS. The Morgan fingerprint density at radius 2 is 1.91 bits per heavy atom. The third kappa shape index (κ3) is 2.37. The summed E-state index contributed by atoms with van der Waals surface area (Å²) in [5, 5.41) is 4.32. The molecule has 0 saturated heterocycles. The summed E-state index contributed by atoms with van der Waals surface area (Å²) in [4.78, 5) is 16.0. The number of fused-ring (bicyclic) bond motifs is 1. The number of aromatic nitrogens is 4. The molecule has 0 bridgehead atoms. The van der Waals surface area contributed by atoms with E-state index in [-0.39, 0.29) is 10.9 Å². The fourth-order valence-electron chi connectivity index (χ4n) is 2.80. The van der Waals surface area contributed by atoms with Gasteiger partial charge in [-0.25, -0.2) is 9.67 Å². The summed E-state index contributed by atoms with van der Waals surface area (Å²) in [6.07, 6.45) is 3.25. The predicted molar refractivity (Wildman–Crippen MR) is 90.8 cm³/mol. The van der Waals surface area contributed by atoms with Gasteiger partial charge in [0.25, 0.3) is 0 Å². The van der Waals surface area contributed by atoms with Gasteiger partial charge in [0, 0.05) is 7.05 Å². The molecule has 0 aliphatic carbocycles. The van der Waals surface area contributed by atoms with Gasteiger partial charge in [-0.2, -0.15) is 5.10 Å². The van der Waals surface area contributed by atoms with Crippen LogP contribution in [0.2, 0.25) is 0 Å². The van der Waals surface area contributed by atoms with Crippen molar-refractivity contribution < 1.29 is 0 Å². The predicted octanol–water partition coefficient (Wildman–Crippen LogP) is 2.83. The number of benzene rings is 2. The van der Waals surface area contributed by atoms with Crippen LogP contribution in [-0.4, -0.2) is 19.3 Å². The van der Waals surface area contributed by atoms with Crippen LogP contribution in [0, 0.1) is 0 Å². The second-order valence-electron chi connectivity index (χ2n) is 5.34. The fraction of sp³-hybridized carbons (Fsp3) is 0.118. The molecule has 2 aromatic heterocycles. The van der Waals surface area contributed by atoms with Crippen molar-refractivity contribution >= 4 is 21.6 Å². The lowest BCUT2D eigenvalue weighted by atomic mass is 9.98. The minimum absolute atomic E-state index is 0.0502. The summed E-state index contributed by atoms with van der Waals surface area (Å²) in [6, 6.07) is 16.2. The van der Waals surface area contributed by atoms with Gasteiger partial charge in [-0.3, -0.25) is 4.79 Å². The van der Waals surface area contributed by atoms with Crippen LogP contribution in [0.25, 0.3) is 10.2 Å². The van der Waals surface area contributed by atoms with Gasteiger partial charge in [0.15, 0.2) is 0 Å². The number of nitrogens with zero attached hydrogens (tertiary/aromatic N) is 4. The molecule has 2 heterocycles. The molecule has 114 valence electrons. The second kappa shape index (κ2) is 5.48. The zero-order valence-corrected chi connectivity index (χ0v) is 13.3. The molecule has 1 atom stereocenters. The molecule has 6 heteroatoms. The van der Waals surface area contributed by atoms with Crippen LogP contribution in [0.5, 0.6) is 0 Å². The molecule has 0 spiro atoms. The first kappa shape index (κ1) is 13.9. The summed E-state index contributed by atoms with van der Waals surface area (Å²) in [6.45, 7) is 0. The summed E-state index contributed by atoms with van der Waals surface area (Å²) in [5.41, 5.74) is 3.14. The molecule has 1 unspecified atom stereocenters. The van der Waals surface area contributed by atoms with Gasteiger partial charge in [0.2, 0.25) is 0 Å². The SMILES string of the molecule is Cn1c(=O)sc2ccc(C(c3ccccc3)n3cncn3)cc21. The summed E-state index contributed by atoms with van der Waals surface area (Å²) in [5.74, 6) is 0. The lowest BCUT2D eigenvalue weighted by Crippen LogP contribution is -2.13. The van der Waals surface area contributed by atoms with Crippen LogP contribution >= 0.6 is 11.3 Å². The molecule has 4 aromatic rings. The van der Waals surface area contributed by atoms with Gasteiger partial charge in [0.05, 0.1) is 10.2 Å². The van der Waals surface area contributed by atoms with E-state index in [4.69, 9.17) is 0 Å². The Labute approximate surface area is 136 Å². The number of hydrogen-bond donors (Lipinski definition) is 0. The molecule has 0 radical (unpaired) electrons. The molecule has 0 aliphatic rings. The fourth-order valence-corrected chi connectivity index (χ4v) is 3.66. The standard InChI is InChI=1S/C17H14N4OS/c1-20-14-9-13(7-8-15(14)23-17(20)22)16(21-11-18-10-19-21)12-5-3-2-4-6-12/h2-11,16H,1H3. The van der Waals surface area contributed by atoms with Gasteiger partial charge in [-0.05, 0) is 23.3 Å². The third-order valence-corrected chi connectivity index (χ3v) is 4.96. The molecule has 4 rings (SSSR count). The molecule has 0 saturated carbocycles. The van der Waals surface area contributed by atoms with E-state index in [9.17, 15) is 4.79 Å². The van der Waals surface area contributed by atoms with Crippen molar-refractivity contribution in [3.63, 3.8) is 0 Å². The Kier molecular flexibility index (Phi) is 3.31. The van der Waals surface area contributed by atoms with Crippen molar-refractivity contribution in [1.29, 1.82) is 0 Å². The van der Waals surface area contributed by atoms with Crippen molar-refractivity contribution in [3.05, 3.63) is 82.0 Å². The molecule has 0 aliphatic heterocycles. The van der Waals surface area contributed by atoms with E-state index in [2.05, 4.69) is 34.3 Å². The Hall–Kier alpha value is -2.73. The van der Waals surface area contributed by atoms with E-state index in [0.29, 0.717) is 0 Å². The van der Waals surface area contributed by atoms with Gasteiger partial charge in [0.1, 0.15) is 18.7 Å². The highest BCUT2D eigenvalue weighted by Crippen LogP contribution is 2.28. The zero-order chi connectivity index (χ0) is 15.8. The quantitative estimate of drug-likeness (QED) is 0.583. The second-order valence-corrected chi connectivity index (χ2v) is 6.34. The summed E-state index contributed by atoms with van der Waals surface area (Å²) >= 11 is 1.27. The van der Waals surface area contributed by atoms with Crippen LogP contribution < -0.4 is 4.87 Å². The highest BCUT2D eigenvalue weighted by molar-refractivity contribution is 7.16. The molecule has 0 amide bonds. The normalized spacial score (nSPS) is 12.6. The van der Waals surface area contributed by atoms with Crippen molar-refractivity contribution in [3.8, 4) is 0 Å². The van der Waals surface area contributed by atoms with Gasteiger partial charge in [-0.1, -0.05) is 47.7 Å². The number of rotatable bonds is 3. The van der Waals surface area contributed by atoms with E-state index in [0.717, 1.165) is 21.3 Å². The Morgan fingerprint density at radius 3 is 2.65 bits per heavy atom. The van der Waals surface area contributed by atoms with Gasteiger partial charge < -0.3 is 4.57 Å². The van der Waals surface area contributed by atoms with Gasteiger partial charge >= 0.3 is 4.87 Å². The molecule has 0 fully saturated rings. The first-order valence-corrected chi connectivity index (χ1v) is 8.04. The number of hydrogen-bond acceptors (Lipinski definition) is 4. The number of thiazole rings is 1. The maximum Gasteiger partial charge on any atom is 0.307 e. The van der Waals surface area contributed by atoms with Gasteiger partial charge in [-0.15, -0.1) is 0 Å². The Bertz CT molecular complexity index is 1000. The van der Waals surface area contributed by atoms with Crippen LogP contribution in [0.15, 0.2) is 66.0 Å². The largest absolute Gasteiger partial charge is 0.307 e. The lowest BCUT2D eigenvalue weighted by Gasteiger charge is -2.18. The van der Waals surface area contributed by atoms with Crippen LogP contribution in [-0.2, 0) is 7.05 Å². The average molecular weight is 322 g/mol. The third-order valence-electron chi connectivity index (χ3n) is 3.95. The zero-order valence-electron chi connectivity index (χ0n) is 12.5. The van der Waals surface area contributed by atoms with E-state index in [1.807, 2.05) is 28.9 Å². The molecular weight excluding hydrogens is 308 g/mol. The monoisotopic (exact) mass is 322 g/mol. The van der Waals surface area contributed by atoms with Crippen molar-refractivity contribution in [2.24, 2.45) is 7.05 Å². The Balaban J connectivity index is 1.93. The van der Waals surface area contributed by atoms with Crippen LogP contribution in [0.4, 0.5) is 0 Å². The van der Waals surface area contributed by atoms with E-state index in [1.165, 1.54) is 17.7 Å². The highest BCUT2D eigenvalue weighted by Gasteiger charge is 2.18. The minimum Gasteiger partial charge on any atom is -0.302 e. The summed E-state index contributed by atoms with van der Waals surface area (Å²) < 4.78 is 4.51. The van der Waals surface area contributed by atoms with E-state index in [1.54, 1.807) is 17.9 Å². The lowest BCUT2D eigenvalue weighted by molar-refractivity contribution is 0.594. The molecule has 5 nitrogen and oxygen atoms in total. The number of aryl methyl sites for hydroxylation is 1. The van der Waals surface area contributed by atoms with Crippen LogP contribution in [0.1, 0.15) is 17.2 Å². The summed E-state index contributed by atoms with van der Waals surface area (Å²) in [7, 11) is 1.80. The first-order valence-electron chi connectivity index (χ1n) is 7.22. The highest BCUT2D eigenvalue weighted by atomic mass is 32.1. The van der Waals surface area contributed by atoms with E-state index >= 15 is 0 Å².